The molecule has 1 heterocycles. The summed E-state index contributed by atoms with van der Waals surface area (Å²) in [4.78, 5) is 13.8. The topological polar surface area (TPSA) is 41.6 Å². The maximum Gasteiger partial charge on any atom is 0.323 e. The smallest absolute Gasteiger partial charge is 0.323 e. The number of nitrogens with zero attached hydrogens (tertiary/aromatic N) is 1. The Morgan fingerprint density at radius 1 is 1.30 bits per heavy atom. The van der Waals surface area contributed by atoms with E-state index in [0.717, 1.165) is 30.9 Å². The summed E-state index contributed by atoms with van der Waals surface area (Å²) in [6, 6.07) is 8.53. The van der Waals surface area contributed by atoms with Crippen LogP contribution in [0, 0.1) is 5.92 Å². The Hall–Kier alpha value is -0.690. The molecular weight excluding hydrogens is 376 g/mol. The van der Waals surface area contributed by atoms with E-state index in [0.29, 0.717) is 5.92 Å². The third-order valence-corrected chi connectivity index (χ3v) is 6.55. The fourth-order valence-electron chi connectivity index (χ4n) is 3.00. The second-order valence-corrected chi connectivity index (χ2v) is 9.93. The molecule has 1 aromatic carbocycles. The first kappa shape index (κ1) is 22.6. The van der Waals surface area contributed by atoms with Crippen molar-refractivity contribution >= 4 is 29.7 Å². The molecule has 27 heavy (non-hydrogen) atoms. The van der Waals surface area contributed by atoms with Crippen LogP contribution in [-0.2, 0) is 16.0 Å². The van der Waals surface area contributed by atoms with Crippen LogP contribution in [-0.4, -0.2) is 46.6 Å². The van der Waals surface area contributed by atoms with Gasteiger partial charge in [0.1, 0.15) is 6.04 Å². The summed E-state index contributed by atoms with van der Waals surface area (Å²) >= 11 is 3.72. The first-order valence-electron chi connectivity index (χ1n) is 9.96. The lowest BCUT2D eigenvalue weighted by Crippen LogP contribution is -2.54. The number of carbonyl (C=O) groups is 1. The van der Waals surface area contributed by atoms with E-state index in [-0.39, 0.29) is 24.3 Å². The zero-order valence-corrected chi connectivity index (χ0v) is 18.9. The van der Waals surface area contributed by atoms with E-state index >= 15 is 0 Å². The van der Waals surface area contributed by atoms with Gasteiger partial charge in [0.05, 0.1) is 12.3 Å². The zero-order chi connectivity index (χ0) is 19.8. The van der Waals surface area contributed by atoms with Gasteiger partial charge in [-0.1, -0.05) is 32.9 Å². The number of aryl methyl sites for hydroxylation is 1. The van der Waals surface area contributed by atoms with E-state index in [1.54, 1.807) is 11.9 Å². The number of ether oxygens (including phenoxy) is 1. The molecule has 0 aliphatic carbocycles. The number of carbonyl (C=O) groups excluding carboxylic acids is 1. The summed E-state index contributed by atoms with van der Waals surface area (Å²) in [5, 5.41) is 3.60. The lowest BCUT2D eigenvalue weighted by atomic mass is 10.0. The molecule has 0 spiro atoms. The van der Waals surface area contributed by atoms with E-state index in [1.807, 2.05) is 25.6 Å². The molecule has 1 aromatic rings. The summed E-state index contributed by atoms with van der Waals surface area (Å²) in [6.45, 7) is 11.3. The highest BCUT2D eigenvalue weighted by atomic mass is 32.2. The van der Waals surface area contributed by atoms with Gasteiger partial charge in [-0.15, -0.1) is 0 Å². The number of esters is 1. The van der Waals surface area contributed by atoms with Crippen molar-refractivity contribution in [2.45, 2.75) is 70.7 Å². The van der Waals surface area contributed by atoms with Crippen LogP contribution in [0.3, 0.4) is 0 Å². The van der Waals surface area contributed by atoms with Gasteiger partial charge in [-0.2, -0.15) is 11.8 Å². The Morgan fingerprint density at radius 3 is 2.59 bits per heavy atom. The van der Waals surface area contributed by atoms with Crippen LogP contribution < -0.4 is 5.32 Å². The standard InChI is InChI=1S/C21H34N2O2S2/c1-6-17-7-9-18(10-8-17)27-23-11-12-26-14-20(23)22-19(13-15(2)3)21(24)25-16(4)5/h7-10,15-16,19-20,22H,6,11-14H2,1-5H3. The quantitative estimate of drug-likeness (QED) is 0.474. The second kappa shape index (κ2) is 11.3. The fraction of sp³-hybridized carbons (Fsp3) is 0.667. The molecule has 1 aliphatic heterocycles. The maximum absolute atomic E-state index is 12.6. The Morgan fingerprint density at radius 2 is 2.00 bits per heavy atom. The Balaban J connectivity index is 2.05. The van der Waals surface area contributed by atoms with Crippen molar-refractivity contribution in [3.63, 3.8) is 0 Å². The maximum atomic E-state index is 12.6. The van der Waals surface area contributed by atoms with Crippen LogP contribution in [0.15, 0.2) is 29.2 Å². The lowest BCUT2D eigenvalue weighted by Gasteiger charge is -2.37. The van der Waals surface area contributed by atoms with Crippen molar-refractivity contribution in [3.05, 3.63) is 29.8 Å². The van der Waals surface area contributed by atoms with Crippen LogP contribution in [0.5, 0.6) is 0 Å². The molecule has 4 nitrogen and oxygen atoms in total. The Kier molecular flexibility index (Phi) is 9.50. The molecule has 1 N–H and O–H groups in total. The Bertz CT molecular complexity index is 578. The normalized spacial score (nSPS) is 19.4. The van der Waals surface area contributed by atoms with Crippen molar-refractivity contribution in [2.75, 3.05) is 18.1 Å². The predicted molar refractivity (Wildman–Crippen MR) is 117 cm³/mol. The highest BCUT2D eigenvalue weighted by Gasteiger charge is 2.30. The number of benzene rings is 1. The largest absolute Gasteiger partial charge is 0.462 e. The van der Waals surface area contributed by atoms with Crippen LogP contribution in [0.2, 0.25) is 0 Å². The molecule has 152 valence electrons. The van der Waals surface area contributed by atoms with Crippen LogP contribution in [0.1, 0.15) is 46.6 Å². The van der Waals surface area contributed by atoms with Crippen molar-refractivity contribution in [2.24, 2.45) is 5.92 Å². The van der Waals surface area contributed by atoms with E-state index in [2.05, 4.69) is 54.7 Å². The monoisotopic (exact) mass is 410 g/mol. The van der Waals surface area contributed by atoms with E-state index in [1.165, 1.54) is 10.5 Å². The van der Waals surface area contributed by atoms with Crippen LogP contribution in [0.4, 0.5) is 0 Å². The first-order chi connectivity index (χ1) is 12.9. The van der Waals surface area contributed by atoms with Gasteiger partial charge in [-0.3, -0.25) is 10.1 Å². The zero-order valence-electron chi connectivity index (χ0n) is 17.2. The van der Waals surface area contributed by atoms with Gasteiger partial charge < -0.3 is 4.74 Å². The molecule has 2 rings (SSSR count). The van der Waals surface area contributed by atoms with E-state index < -0.39 is 0 Å². The van der Waals surface area contributed by atoms with Crippen molar-refractivity contribution in [1.29, 1.82) is 0 Å². The molecule has 2 atom stereocenters. The van der Waals surface area contributed by atoms with Crippen LogP contribution >= 0.6 is 23.7 Å². The van der Waals surface area contributed by atoms with Gasteiger partial charge in [0.15, 0.2) is 0 Å². The first-order valence-corrected chi connectivity index (χ1v) is 11.9. The Labute approximate surface area is 173 Å². The average molecular weight is 411 g/mol. The lowest BCUT2D eigenvalue weighted by molar-refractivity contribution is -0.150. The summed E-state index contributed by atoms with van der Waals surface area (Å²) in [5.41, 5.74) is 1.36. The minimum absolute atomic E-state index is 0.0859. The summed E-state index contributed by atoms with van der Waals surface area (Å²) in [5.74, 6) is 2.39. The van der Waals surface area contributed by atoms with Gasteiger partial charge in [0.2, 0.25) is 0 Å². The third kappa shape index (κ3) is 7.68. The minimum atomic E-state index is -0.262. The molecule has 0 saturated carbocycles. The number of hydrogen-bond donors (Lipinski definition) is 1. The average Bonchev–Trinajstić information content (AvgIpc) is 2.62. The summed E-state index contributed by atoms with van der Waals surface area (Å²) in [7, 11) is 0. The highest BCUT2D eigenvalue weighted by Crippen LogP contribution is 2.29. The van der Waals surface area contributed by atoms with E-state index in [4.69, 9.17) is 4.74 Å². The highest BCUT2D eigenvalue weighted by molar-refractivity contribution is 8.00. The number of nitrogens with one attached hydrogen (secondary N) is 1. The fourth-order valence-corrected chi connectivity index (χ4v) is 5.18. The molecule has 0 bridgehead atoms. The molecule has 2 unspecified atom stereocenters. The molecular formula is C21H34N2O2S2. The number of rotatable bonds is 9. The molecule has 0 radical (unpaired) electrons. The summed E-state index contributed by atoms with van der Waals surface area (Å²) < 4.78 is 7.88. The van der Waals surface area contributed by atoms with Crippen molar-refractivity contribution < 1.29 is 9.53 Å². The van der Waals surface area contributed by atoms with Crippen molar-refractivity contribution in [1.82, 2.24) is 9.62 Å². The molecule has 6 heteroatoms. The van der Waals surface area contributed by atoms with Gasteiger partial charge in [-0.25, -0.2) is 4.31 Å². The van der Waals surface area contributed by atoms with Gasteiger partial charge >= 0.3 is 5.97 Å². The minimum Gasteiger partial charge on any atom is -0.462 e. The second-order valence-electron chi connectivity index (χ2n) is 7.65. The number of hydrogen-bond acceptors (Lipinski definition) is 6. The molecule has 1 saturated heterocycles. The molecule has 0 amide bonds. The third-order valence-electron chi connectivity index (χ3n) is 4.37. The number of thioether (sulfide) groups is 1. The van der Waals surface area contributed by atoms with Crippen LogP contribution in [0.25, 0.3) is 0 Å². The predicted octanol–water partition coefficient (Wildman–Crippen LogP) is 4.59. The van der Waals surface area contributed by atoms with E-state index in [9.17, 15) is 4.79 Å². The van der Waals surface area contributed by atoms with Gasteiger partial charge in [0, 0.05) is 22.9 Å². The van der Waals surface area contributed by atoms with Crippen molar-refractivity contribution in [3.8, 4) is 0 Å². The van der Waals surface area contributed by atoms with Gasteiger partial charge in [0.25, 0.3) is 0 Å². The molecule has 1 fully saturated rings. The molecule has 1 aliphatic rings. The van der Waals surface area contributed by atoms with Gasteiger partial charge in [-0.05, 0) is 62.3 Å². The summed E-state index contributed by atoms with van der Waals surface area (Å²) in [6.07, 6.45) is 1.92. The SMILES string of the molecule is CCc1ccc(SN2CCSCC2NC(CC(C)C)C(=O)OC(C)C)cc1. The molecule has 0 aromatic heterocycles.